The molecule has 0 bridgehead atoms. The number of nitrogens with one attached hydrogen (secondary N) is 1. The van der Waals surface area contributed by atoms with Gasteiger partial charge >= 0.3 is 0 Å². The normalized spacial score (nSPS) is 10.5. The molecule has 0 aliphatic carbocycles. The third kappa shape index (κ3) is 1.36. The van der Waals surface area contributed by atoms with E-state index >= 15 is 0 Å². The zero-order valence-corrected chi connectivity index (χ0v) is 7.30. The van der Waals surface area contributed by atoms with Crippen molar-refractivity contribution in [3.63, 3.8) is 0 Å². The number of halogens is 1. The second-order valence-corrected chi connectivity index (χ2v) is 2.99. The highest BCUT2D eigenvalue weighted by Gasteiger charge is 2.01. The van der Waals surface area contributed by atoms with Crippen LogP contribution >= 0.6 is 11.6 Å². The zero-order valence-electron chi connectivity index (χ0n) is 6.54. The molecule has 13 heavy (non-hydrogen) atoms. The first-order valence-electron chi connectivity index (χ1n) is 3.62. The lowest BCUT2D eigenvalue weighted by Gasteiger charge is -1.97. The lowest BCUT2D eigenvalue weighted by atomic mass is 10.2. The van der Waals surface area contributed by atoms with E-state index in [1.807, 2.05) is 0 Å². The summed E-state index contributed by atoms with van der Waals surface area (Å²) < 4.78 is 0. The Labute approximate surface area is 78.4 Å². The van der Waals surface area contributed by atoms with Crippen molar-refractivity contribution in [3.8, 4) is 0 Å². The van der Waals surface area contributed by atoms with Crippen LogP contribution in [0, 0.1) is 0 Å². The minimum atomic E-state index is -0.255. The van der Waals surface area contributed by atoms with Gasteiger partial charge in [-0.25, -0.2) is 4.98 Å². The number of aromatic nitrogens is 2. The first kappa shape index (κ1) is 8.07. The fourth-order valence-corrected chi connectivity index (χ4v) is 1.30. The van der Waals surface area contributed by atoms with Crippen LogP contribution in [0.15, 0.2) is 23.0 Å². The predicted molar refractivity (Wildman–Crippen MR) is 51.8 cm³/mol. The molecule has 0 spiro atoms. The number of benzene rings is 1. The molecule has 0 fully saturated rings. The highest BCUT2D eigenvalue weighted by atomic mass is 35.5. The van der Waals surface area contributed by atoms with Crippen molar-refractivity contribution < 1.29 is 0 Å². The van der Waals surface area contributed by atoms with Crippen LogP contribution in [0.2, 0.25) is 5.28 Å². The molecular formula is C8H6ClN3O. The second kappa shape index (κ2) is 2.74. The van der Waals surface area contributed by atoms with Gasteiger partial charge in [0.1, 0.15) is 0 Å². The Balaban J connectivity index is 2.95. The number of rotatable bonds is 0. The van der Waals surface area contributed by atoms with Gasteiger partial charge in [-0.2, -0.15) is 0 Å². The maximum atomic E-state index is 11.3. The predicted octanol–water partition coefficient (Wildman–Crippen LogP) is 1.16. The number of anilines is 1. The van der Waals surface area contributed by atoms with Crippen LogP contribution in [-0.2, 0) is 0 Å². The number of aromatic amines is 1. The van der Waals surface area contributed by atoms with Gasteiger partial charge in [-0.1, -0.05) is 0 Å². The molecule has 1 heterocycles. The van der Waals surface area contributed by atoms with E-state index in [1.54, 1.807) is 18.2 Å². The van der Waals surface area contributed by atoms with Crippen LogP contribution in [0.1, 0.15) is 0 Å². The van der Waals surface area contributed by atoms with Gasteiger partial charge in [0.2, 0.25) is 5.28 Å². The van der Waals surface area contributed by atoms with Crippen LogP contribution in [0.3, 0.4) is 0 Å². The van der Waals surface area contributed by atoms with Crippen molar-refractivity contribution in [1.82, 2.24) is 9.97 Å². The molecule has 66 valence electrons. The smallest absolute Gasteiger partial charge is 0.259 e. The van der Waals surface area contributed by atoms with Crippen molar-refractivity contribution >= 4 is 28.2 Å². The molecule has 0 atom stereocenters. The molecule has 0 saturated heterocycles. The molecule has 1 aromatic carbocycles. The van der Waals surface area contributed by atoms with E-state index in [-0.39, 0.29) is 10.8 Å². The number of hydrogen-bond donors (Lipinski definition) is 2. The van der Waals surface area contributed by atoms with E-state index < -0.39 is 0 Å². The fraction of sp³-hybridized carbons (Fsp3) is 0. The van der Waals surface area contributed by atoms with Crippen molar-refractivity contribution in [1.29, 1.82) is 0 Å². The largest absolute Gasteiger partial charge is 0.399 e. The van der Waals surface area contributed by atoms with E-state index in [0.717, 1.165) is 0 Å². The summed E-state index contributed by atoms with van der Waals surface area (Å²) >= 11 is 5.57. The zero-order chi connectivity index (χ0) is 9.42. The average molecular weight is 196 g/mol. The number of fused-ring (bicyclic) bond motifs is 1. The lowest BCUT2D eigenvalue weighted by molar-refractivity contribution is 1.17. The first-order valence-corrected chi connectivity index (χ1v) is 3.99. The van der Waals surface area contributed by atoms with E-state index in [9.17, 15) is 4.79 Å². The Kier molecular flexibility index (Phi) is 1.70. The molecule has 3 N–H and O–H groups in total. The van der Waals surface area contributed by atoms with E-state index in [0.29, 0.717) is 16.6 Å². The van der Waals surface area contributed by atoms with Crippen molar-refractivity contribution in [2.75, 3.05) is 5.73 Å². The Morgan fingerprint density at radius 2 is 2.23 bits per heavy atom. The third-order valence-corrected chi connectivity index (χ3v) is 1.88. The topological polar surface area (TPSA) is 71.8 Å². The van der Waals surface area contributed by atoms with Gasteiger partial charge in [-0.05, 0) is 29.8 Å². The molecule has 0 amide bonds. The second-order valence-electron chi connectivity index (χ2n) is 2.63. The number of nitrogen functional groups attached to an aromatic ring is 1. The molecule has 2 aromatic rings. The van der Waals surface area contributed by atoms with Crippen molar-refractivity contribution in [2.45, 2.75) is 0 Å². The van der Waals surface area contributed by atoms with Crippen LogP contribution < -0.4 is 11.3 Å². The van der Waals surface area contributed by atoms with Crippen LogP contribution in [-0.4, -0.2) is 9.97 Å². The summed E-state index contributed by atoms with van der Waals surface area (Å²) in [5.41, 5.74) is 6.34. The Morgan fingerprint density at radius 1 is 1.46 bits per heavy atom. The van der Waals surface area contributed by atoms with Gasteiger partial charge in [-0.3, -0.25) is 9.78 Å². The van der Waals surface area contributed by atoms with Crippen LogP contribution in [0.4, 0.5) is 5.69 Å². The van der Waals surface area contributed by atoms with E-state index in [4.69, 9.17) is 17.3 Å². The average Bonchev–Trinajstić information content (AvgIpc) is 2.02. The van der Waals surface area contributed by atoms with Gasteiger partial charge in [-0.15, -0.1) is 0 Å². The van der Waals surface area contributed by atoms with Gasteiger partial charge < -0.3 is 5.73 Å². The highest BCUT2D eigenvalue weighted by Crippen LogP contribution is 2.12. The molecule has 5 heteroatoms. The van der Waals surface area contributed by atoms with Crippen LogP contribution in [0.5, 0.6) is 0 Å². The summed E-state index contributed by atoms with van der Waals surface area (Å²) in [6, 6.07) is 4.87. The number of nitrogens with two attached hydrogens (primary N) is 1. The molecular weight excluding hydrogens is 190 g/mol. The molecule has 0 radical (unpaired) electrons. The Morgan fingerprint density at radius 3 is 3.00 bits per heavy atom. The Hall–Kier alpha value is -1.55. The summed E-state index contributed by atoms with van der Waals surface area (Å²) in [5.74, 6) is 0. The first-order chi connectivity index (χ1) is 6.16. The minimum absolute atomic E-state index is 0.0723. The van der Waals surface area contributed by atoms with E-state index in [2.05, 4.69) is 9.97 Å². The highest BCUT2D eigenvalue weighted by molar-refractivity contribution is 6.28. The summed E-state index contributed by atoms with van der Waals surface area (Å²) in [7, 11) is 0. The molecule has 0 aliphatic rings. The summed E-state index contributed by atoms with van der Waals surface area (Å²) in [6.45, 7) is 0. The van der Waals surface area contributed by atoms with Gasteiger partial charge in [0.15, 0.2) is 0 Å². The van der Waals surface area contributed by atoms with Crippen molar-refractivity contribution in [3.05, 3.63) is 33.8 Å². The van der Waals surface area contributed by atoms with E-state index in [1.165, 1.54) is 0 Å². The quantitative estimate of drug-likeness (QED) is 0.490. The van der Waals surface area contributed by atoms with Crippen LogP contribution in [0.25, 0.3) is 10.9 Å². The number of H-pyrrole nitrogens is 1. The molecule has 4 nitrogen and oxygen atoms in total. The molecule has 0 unspecified atom stereocenters. The molecule has 0 aliphatic heterocycles. The van der Waals surface area contributed by atoms with Crippen molar-refractivity contribution in [2.24, 2.45) is 0 Å². The van der Waals surface area contributed by atoms with Gasteiger partial charge in [0, 0.05) is 5.69 Å². The molecule has 0 saturated carbocycles. The number of nitrogens with zero attached hydrogens (tertiary/aromatic N) is 1. The summed E-state index contributed by atoms with van der Waals surface area (Å²) in [4.78, 5) is 17.6. The molecule has 1 aromatic heterocycles. The maximum Gasteiger partial charge on any atom is 0.259 e. The monoisotopic (exact) mass is 195 g/mol. The fourth-order valence-electron chi connectivity index (χ4n) is 1.13. The van der Waals surface area contributed by atoms with Gasteiger partial charge in [0.05, 0.1) is 10.9 Å². The van der Waals surface area contributed by atoms with Gasteiger partial charge in [0.25, 0.3) is 5.56 Å². The maximum absolute atomic E-state index is 11.3. The minimum Gasteiger partial charge on any atom is -0.399 e. The summed E-state index contributed by atoms with van der Waals surface area (Å²) in [5, 5.41) is 0.557. The standard InChI is InChI=1S/C8H6ClN3O/c9-8-11-6-3-4(10)1-2-5(6)7(13)12-8/h1-3H,10H2,(H,11,12,13). The third-order valence-electron chi connectivity index (χ3n) is 1.70. The Bertz CT molecular complexity index is 515. The lowest BCUT2D eigenvalue weighted by Crippen LogP contribution is -2.07. The molecule has 2 rings (SSSR count). The SMILES string of the molecule is Nc1ccc2c(=O)[nH]c(Cl)nc2c1. The summed E-state index contributed by atoms with van der Waals surface area (Å²) in [6.07, 6.45) is 0. The number of hydrogen-bond acceptors (Lipinski definition) is 3.